The molecule has 2 rings (SSSR count). The summed E-state index contributed by atoms with van der Waals surface area (Å²) >= 11 is 3.17. The van der Waals surface area contributed by atoms with Gasteiger partial charge in [-0.15, -0.1) is 0 Å². The minimum atomic E-state index is -0.339. The molecule has 66 valence electrons. The molecule has 0 fully saturated rings. The predicted molar refractivity (Wildman–Crippen MR) is 47.4 cm³/mol. The molecule has 1 aromatic heterocycles. The van der Waals surface area contributed by atoms with Gasteiger partial charge in [-0.3, -0.25) is 0 Å². The van der Waals surface area contributed by atoms with Crippen LogP contribution in [-0.4, -0.2) is 10.1 Å². The van der Waals surface area contributed by atoms with E-state index in [4.69, 9.17) is 0 Å². The summed E-state index contributed by atoms with van der Waals surface area (Å²) < 4.78 is 18.1. The van der Waals surface area contributed by atoms with E-state index in [-0.39, 0.29) is 5.82 Å². The van der Waals surface area contributed by atoms with E-state index in [1.165, 1.54) is 18.5 Å². The van der Waals surface area contributed by atoms with Crippen LogP contribution in [0.3, 0.4) is 0 Å². The second-order valence-corrected chi connectivity index (χ2v) is 3.33. The minimum Gasteiger partial charge on any atom is -0.342 e. The van der Waals surface area contributed by atoms with E-state index in [1.54, 1.807) is 6.07 Å². The normalized spacial score (nSPS) is 10.3. The first kappa shape index (κ1) is 8.37. The Morgan fingerprint density at radius 3 is 2.77 bits per heavy atom. The summed E-state index contributed by atoms with van der Waals surface area (Å²) in [5.41, 5.74) is 0.584. The fourth-order valence-electron chi connectivity index (χ4n) is 0.981. The summed E-state index contributed by atoms with van der Waals surface area (Å²) in [5, 5.41) is 3.60. The van der Waals surface area contributed by atoms with Gasteiger partial charge < -0.3 is 4.52 Å². The number of benzene rings is 1. The van der Waals surface area contributed by atoms with Gasteiger partial charge >= 0.3 is 0 Å². The van der Waals surface area contributed by atoms with Crippen LogP contribution >= 0.6 is 15.9 Å². The van der Waals surface area contributed by atoms with Crippen molar-refractivity contribution in [2.45, 2.75) is 0 Å². The van der Waals surface area contributed by atoms with Gasteiger partial charge in [0.2, 0.25) is 12.2 Å². The monoisotopic (exact) mass is 242 g/mol. The van der Waals surface area contributed by atoms with Crippen LogP contribution in [0.15, 0.2) is 33.6 Å². The Hall–Kier alpha value is -1.23. The van der Waals surface area contributed by atoms with Gasteiger partial charge in [-0.2, -0.15) is 4.98 Å². The second kappa shape index (κ2) is 3.26. The SMILES string of the molecule is Fc1cc(Br)cc(-c2ncon2)c1. The molecule has 3 nitrogen and oxygen atoms in total. The summed E-state index contributed by atoms with van der Waals surface area (Å²) in [7, 11) is 0. The fraction of sp³-hybridized carbons (Fsp3) is 0. The maximum absolute atomic E-state index is 12.9. The van der Waals surface area contributed by atoms with Crippen molar-refractivity contribution < 1.29 is 8.91 Å². The summed E-state index contributed by atoms with van der Waals surface area (Å²) in [5.74, 6) is 0.0365. The Morgan fingerprint density at radius 1 is 1.31 bits per heavy atom. The molecule has 0 unspecified atom stereocenters. The fourth-order valence-corrected chi connectivity index (χ4v) is 1.45. The average molecular weight is 243 g/mol. The predicted octanol–water partition coefficient (Wildman–Crippen LogP) is 2.64. The van der Waals surface area contributed by atoms with Crippen molar-refractivity contribution in [1.29, 1.82) is 0 Å². The zero-order chi connectivity index (χ0) is 9.26. The van der Waals surface area contributed by atoms with E-state index >= 15 is 0 Å². The molecule has 2 aromatic rings. The lowest BCUT2D eigenvalue weighted by Crippen LogP contribution is -1.82. The van der Waals surface area contributed by atoms with Gasteiger partial charge in [-0.1, -0.05) is 21.1 Å². The average Bonchev–Trinajstić information content (AvgIpc) is 2.53. The Labute approximate surface area is 81.7 Å². The van der Waals surface area contributed by atoms with Crippen molar-refractivity contribution in [3.8, 4) is 11.4 Å². The summed E-state index contributed by atoms with van der Waals surface area (Å²) in [6.45, 7) is 0. The van der Waals surface area contributed by atoms with Gasteiger partial charge in [0.1, 0.15) is 5.82 Å². The quantitative estimate of drug-likeness (QED) is 0.772. The van der Waals surface area contributed by atoms with Gasteiger partial charge in [-0.05, 0) is 18.2 Å². The molecule has 0 bridgehead atoms. The maximum Gasteiger partial charge on any atom is 0.214 e. The van der Waals surface area contributed by atoms with Crippen LogP contribution in [-0.2, 0) is 0 Å². The highest BCUT2D eigenvalue weighted by atomic mass is 79.9. The molecule has 1 heterocycles. The topological polar surface area (TPSA) is 38.9 Å². The first-order chi connectivity index (χ1) is 6.25. The van der Waals surface area contributed by atoms with Crippen LogP contribution in [0.1, 0.15) is 0 Å². The van der Waals surface area contributed by atoms with E-state index in [0.29, 0.717) is 15.9 Å². The van der Waals surface area contributed by atoms with Gasteiger partial charge in [0.15, 0.2) is 0 Å². The highest BCUT2D eigenvalue weighted by Crippen LogP contribution is 2.21. The van der Waals surface area contributed by atoms with Crippen LogP contribution in [0, 0.1) is 5.82 Å². The molecule has 0 aliphatic carbocycles. The first-order valence-corrected chi connectivity index (χ1v) is 4.28. The molecular formula is C8H4BrFN2O. The minimum absolute atomic E-state index is 0.339. The lowest BCUT2D eigenvalue weighted by Gasteiger charge is -1.96. The van der Waals surface area contributed by atoms with Crippen LogP contribution in [0.5, 0.6) is 0 Å². The zero-order valence-electron chi connectivity index (χ0n) is 6.37. The van der Waals surface area contributed by atoms with Crippen LogP contribution in [0.25, 0.3) is 11.4 Å². The second-order valence-electron chi connectivity index (χ2n) is 2.41. The van der Waals surface area contributed by atoms with Gasteiger partial charge in [0.25, 0.3) is 0 Å². The maximum atomic E-state index is 12.9. The summed E-state index contributed by atoms with van der Waals surface area (Å²) in [4.78, 5) is 3.80. The lowest BCUT2D eigenvalue weighted by molar-refractivity contribution is 0.418. The molecule has 5 heteroatoms. The summed E-state index contributed by atoms with van der Waals surface area (Å²) in [6, 6.07) is 4.42. The molecule has 0 saturated carbocycles. The number of hydrogen-bond donors (Lipinski definition) is 0. The first-order valence-electron chi connectivity index (χ1n) is 3.48. The number of aromatic nitrogens is 2. The molecule has 0 spiro atoms. The molecule has 0 aliphatic rings. The Morgan fingerprint density at radius 2 is 2.15 bits per heavy atom. The highest BCUT2D eigenvalue weighted by molar-refractivity contribution is 9.10. The van der Waals surface area contributed by atoms with Crippen molar-refractivity contribution in [3.63, 3.8) is 0 Å². The standard InChI is InChI=1S/C8H4BrFN2O/c9-6-1-5(2-7(10)3-6)8-11-4-13-12-8/h1-4H. The third-order valence-electron chi connectivity index (χ3n) is 1.48. The number of halogens is 2. The molecule has 1 aromatic carbocycles. The van der Waals surface area contributed by atoms with Crippen LogP contribution in [0.4, 0.5) is 4.39 Å². The molecule has 0 N–H and O–H groups in total. The van der Waals surface area contributed by atoms with Crippen molar-refractivity contribution in [2.24, 2.45) is 0 Å². The van der Waals surface area contributed by atoms with E-state index in [1.807, 2.05) is 0 Å². The van der Waals surface area contributed by atoms with Crippen LogP contribution in [0.2, 0.25) is 0 Å². The molecule has 0 aliphatic heterocycles. The van der Waals surface area contributed by atoms with Crippen LogP contribution < -0.4 is 0 Å². The largest absolute Gasteiger partial charge is 0.342 e. The smallest absolute Gasteiger partial charge is 0.214 e. The summed E-state index contributed by atoms with van der Waals surface area (Å²) in [6.07, 6.45) is 1.20. The van der Waals surface area contributed by atoms with E-state index in [2.05, 4.69) is 30.6 Å². The van der Waals surface area contributed by atoms with Gasteiger partial charge in [0, 0.05) is 10.0 Å². The van der Waals surface area contributed by atoms with Gasteiger partial charge in [-0.25, -0.2) is 4.39 Å². The molecule has 0 atom stereocenters. The molecular weight excluding hydrogens is 239 g/mol. The Bertz CT molecular complexity index is 396. The number of nitrogens with zero attached hydrogens (tertiary/aromatic N) is 2. The van der Waals surface area contributed by atoms with E-state index in [0.717, 1.165) is 0 Å². The van der Waals surface area contributed by atoms with E-state index in [9.17, 15) is 4.39 Å². The van der Waals surface area contributed by atoms with Crippen molar-refractivity contribution in [2.75, 3.05) is 0 Å². The van der Waals surface area contributed by atoms with Gasteiger partial charge in [0.05, 0.1) is 0 Å². The third kappa shape index (κ3) is 1.75. The molecule has 13 heavy (non-hydrogen) atoms. The molecule has 0 radical (unpaired) electrons. The van der Waals surface area contributed by atoms with E-state index < -0.39 is 0 Å². The highest BCUT2D eigenvalue weighted by Gasteiger charge is 2.05. The van der Waals surface area contributed by atoms with Crippen molar-refractivity contribution in [1.82, 2.24) is 10.1 Å². The molecule has 0 amide bonds. The number of rotatable bonds is 1. The zero-order valence-corrected chi connectivity index (χ0v) is 7.95. The number of hydrogen-bond acceptors (Lipinski definition) is 3. The molecule has 0 saturated heterocycles. The van der Waals surface area contributed by atoms with Crippen molar-refractivity contribution >= 4 is 15.9 Å². The lowest BCUT2D eigenvalue weighted by atomic mass is 10.2. The Balaban J connectivity index is 2.53. The third-order valence-corrected chi connectivity index (χ3v) is 1.94. The Kier molecular flexibility index (Phi) is 2.10. The van der Waals surface area contributed by atoms with Crippen molar-refractivity contribution in [3.05, 3.63) is 34.9 Å².